The van der Waals surface area contributed by atoms with Gasteiger partial charge in [0.2, 0.25) is 17.4 Å². The molecule has 0 saturated carbocycles. The molecule has 0 radical (unpaired) electrons. The van der Waals surface area contributed by atoms with Crippen molar-refractivity contribution in [3.05, 3.63) is 71.3 Å². The van der Waals surface area contributed by atoms with Gasteiger partial charge in [-0.15, -0.1) is 0 Å². The van der Waals surface area contributed by atoms with Crippen molar-refractivity contribution in [3.63, 3.8) is 0 Å². The lowest BCUT2D eigenvalue weighted by Gasteiger charge is -2.16. The number of carbonyl (C=O) groups excluding carboxylic acids is 1. The Bertz CT molecular complexity index is 1070. The van der Waals surface area contributed by atoms with Crippen molar-refractivity contribution in [3.8, 4) is 11.5 Å². The highest BCUT2D eigenvalue weighted by atomic mass is 32.2. The first-order valence-electron chi connectivity index (χ1n) is 8.63. The molecular weight excluding hydrogens is 386 g/mol. The first-order valence-corrected chi connectivity index (χ1v) is 9.70. The zero-order valence-electron chi connectivity index (χ0n) is 16.2. The maximum Gasteiger partial charge on any atom is 0.313 e. The van der Waals surface area contributed by atoms with Crippen LogP contribution in [0.25, 0.3) is 0 Å². The number of ether oxygens (including phenoxy) is 3. The van der Waals surface area contributed by atoms with E-state index in [0.717, 1.165) is 0 Å². The second-order valence-corrected chi connectivity index (χ2v) is 7.34. The third-order valence-electron chi connectivity index (χ3n) is 3.89. The number of hydrogen-bond donors (Lipinski definition) is 1. The van der Waals surface area contributed by atoms with Crippen molar-refractivity contribution in [1.29, 1.82) is 0 Å². The first kappa shape index (κ1) is 18.2. The summed E-state index contributed by atoms with van der Waals surface area (Å²) < 4.78 is 53.9. The van der Waals surface area contributed by atoms with E-state index in [0.29, 0.717) is 5.56 Å². The van der Waals surface area contributed by atoms with Crippen LogP contribution in [0.2, 0.25) is 0 Å². The smallest absolute Gasteiger partial charge is 0.313 e. The molecule has 2 N–H and O–H groups in total. The molecule has 0 amide bonds. The van der Waals surface area contributed by atoms with E-state index in [1.54, 1.807) is 36.4 Å². The summed E-state index contributed by atoms with van der Waals surface area (Å²) in [5.74, 6) is -2.56. The van der Waals surface area contributed by atoms with E-state index in [1.165, 1.54) is 26.4 Å². The van der Waals surface area contributed by atoms with Gasteiger partial charge in [-0.05, 0) is 11.6 Å². The maximum absolute atomic E-state index is 12.9. The van der Waals surface area contributed by atoms with Crippen molar-refractivity contribution < 1.29 is 33.0 Å². The predicted octanol–water partition coefficient (Wildman–Crippen LogP) is 2.02. The largest absolute Gasteiger partial charge is 0.493 e. The zero-order valence-corrected chi connectivity index (χ0v) is 16.0. The van der Waals surface area contributed by atoms with E-state index in [4.69, 9.17) is 25.5 Å². The summed E-state index contributed by atoms with van der Waals surface area (Å²) in [6.45, 7) is 0. The van der Waals surface area contributed by atoms with Crippen LogP contribution in [-0.2, 0) is 29.6 Å². The quantitative estimate of drug-likeness (QED) is 0.695. The number of nitrogens with two attached hydrogens (primary N) is 1. The Morgan fingerprint density at radius 3 is 2.46 bits per heavy atom. The Kier molecular flexibility index (Phi) is 5.07. The van der Waals surface area contributed by atoms with E-state index in [-0.39, 0.29) is 17.1 Å². The van der Waals surface area contributed by atoms with Crippen LogP contribution in [0.5, 0.6) is 11.5 Å². The van der Waals surface area contributed by atoms with Gasteiger partial charge in [0.15, 0.2) is 17.6 Å². The number of ketones is 1. The monoisotopic (exact) mass is 406 g/mol. The van der Waals surface area contributed by atoms with Crippen LogP contribution >= 0.6 is 0 Å². The molecule has 1 aliphatic heterocycles. The number of rotatable bonds is 7. The van der Waals surface area contributed by atoms with Crippen LogP contribution in [0.1, 0.15) is 18.6 Å². The zero-order chi connectivity index (χ0) is 21.2. The normalized spacial score (nSPS) is 19.8. The second-order valence-electron chi connectivity index (χ2n) is 5.77. The van der Waals surface area contributed by atoms with Crippen molar-refractivity contribution in [1.82, 2.24) is 0 Å². The van der Waals surface area contributed by atoms with Gasteiger partial charge in [-0.1, -0.05) is 42.5 Å². The number of methoxy groups -OCH3 is 2. The highest BCUT2D eigenvalue weighted by Gasteiger charge is 2.41. The summed E-state index contributed by atoms with van der Waals surface area (Å²) in [6, 6.07) is 12.8. The van der Waals surface area contributed by atoms with E-state index in [9.17, 15) is 13.2 Å². The summed E-state index contributed by atoms with van der Waals surface area (Å²) >= 11 is 0. The molecule has 1 aliphatic rings. The van der Waals surface area contributed by atoms with E-state index in [1.807, 2.05) is 0 Å². The molecule has 3 rings (SSSR count). The molecule has 8 nitrogen and oxygen atoms in total. The van der Waals surface area contributed by atoms with Crippen LogP contribution in [0.15, 0.2) is 60.2 Å². The fraction of sp³-hybridized carbons (Fsp3) is 0.211. The molecule has 0 saturated heterocycles. The Labute approximate surface area is 164 Å². The summed E-state index contributed by atoms with van der Waals surface area (Å²) in [7, 11) is -1.49. The van der Waals surface area contributed by atoms with Crippen LogP contribution in [-0.4, -0.2) is 28.4 Å². The lowest BCUT2D eigenvalue weighted by atomic mass is 10.0. The molecular formula is C19H19NO7S. The van der Waals surface area contributed by atoms with Crippen LogP contribution < -0.4 is 15.2 Å². The SMILES string of the molecule is [2H][C@@]1(c2cccc(OC)c2OC)OC(N)=C(OS(=O)(=O)Cc2ccccc2)C1=O. The third kappa shape index (κ3) is 3.89. The molecule has 1 heterocycles. The summed E-state index contributed by atoms with van der Waals surface area (Å²) in [5, 5.41) is 0. The molecule has 9 heteroatoms. The van der Waals surface area contributed by atoms with Gasteiger partial charge in [0.05, 0.1) is 15.6 Å². The Morgan fingerprint density at radius 2 is 1.82 bits per heavy atom. The number of carbonyl (C=O) groups is 1. The van der Waals surface area contributed by atoms with Gasteiger partial charge in [-0.2, -0.15) is 8.42 Å². The Morgan fingerprint density at radius 1 is 1.11 bits per heavy atom. The third-order valence-corrected chi connectivity index (χ3v) is 5.00. The van der Waals surface area contributed by atoms with Gasteiger partial charge in [-0.3, -0.25) is 4.79 Å². The molecule has 1 atom stereocenters. The van der Waals surface area contributed by atoms with Crippen LogP contribution in [0, 0.1) is 0 Å². The maximum atomic E-state index is 12.9. The minimum Gasteiger partial charge on any atom is -0.493 e. The second kappa shape index (κ2) is 7.81. The first-order chi connectivity index (χ1) is 13.7. The fourth-order valence-corrected chi connectivity index (χ4v) is 3.75. The van der Waals surface area contributed by atoms with Gasteiger partial charge < -0.3 is 24.1 Å². The molecule has 28 heavy (non-hydrogen) atoms. The van der Waals surface area contributed by atoms with Crippen molar-refractivity contribution in [2.24, 2.45) is 5.73 Å². The van der Waals surface area contributed by atoms with Gasteiger partial charge in [0.25, 0.3) is 0 Å². The molecule has 0 bridgehead atoms. The number of benzene rings is 2. The summed E-state index contributed by atoms with van der Waals surface area (Å²) in [5.41, 5.74) is 6.15. The molecule has 2 aromatic rings. The van der Waals surface area contributed by atoms with Crippen LogP contribution in [0.4, 0.5) is 0 Å². The summed E-state index contributed by atoms with van der Waals surface area (Å²) in [6.07, 6.45) is -2.39. The molecule has 2 aromatic carbocycles. The van der Waals surface area contributed by atoms with Gasteiger partial charge in [0, 0.05) is 5.56 Å². The highest BCUT2D eigenvalue weighted by molar-refractivity contribution is 7.86. The van der Waals surface area contributed by atoms with Crippen molar-refractivity contribution in [2.75, 3.05) is 14.2 Å². The topological polar surface area (TPSA) is 114 Å². The van der Waals surface area contributed by atoms with Gasteiger partial charge >= 0.3 is 10.1 Å². The Balaban J connectivity index is 1.91. The number of para-hydroxylation sites is 1. The lowest BCUT2D eigenvalue weighted by molar-refractivity contribution is -0.123. The average molecular weight is 406 g/mol. The van der Waals surface area contributed by atoms with Crippen molar-refractivity contribution >= 4 is 15.9 Å². The number of hydrogen-bond acceptors (Lipinski definition) is 8. The van der Waals surface area contributed by atoms with Gasteiger partial charge in [-0.25, -0.2) is 0 Å². The molecule has 148 valence electrons. The van der Waals surface area contributed by atoms with E-state index >= 15 is 0 Å². The Hall–Kier alpha value is -3.20. The summed E-state index contributed by atoms with van der Waals surface area (Å²) in [4.78, 5) is 12.9. The van der Waals surface area contributed by atoms with Crippen molar-refractivity contribution in [2.45, 2.75) is 11.8 Å². The average Bonchev–Trinajstić information content (AvgIpc) is 2.91. The molecule has 0 spiro atoms. The highest BCUT2D eigenvalue weighted by Crippen LogP contribution is 2.41. The molecule has 0 aromatic heterocycles. The molecule has 0 unspecified atom stereocenters. The lowest BCUT2D eigenvalue weighted by Crippen LogP contribution is -2.16. The predicted molar refractivity (Wildman–Crippen MR) is 99.7 cm³/mol. The minimum absolute atomic E-state index is 0.00800. The van der Waals surface area contributed by atoms with Gasteiger partial charge in [0.1, 0.15) is 5.75 Å². The standard InChI is InChI=1S/C19H19NO7S/c1-24-14-10-6-9-13(16(14)25-2)17-15(21)18(19(20)26-17)27-28(22,23)11-12-7-4-3-5-8-12/h3-10,17H,11,20H2,1-2H3/t17-/m0/s1/i17D. The van der Waals surface area contributed by atoms with E-state index in [2.05, 4.69) is 0 Å². The van der Waals surface area contributed by atoms with E-state index < -0.39 is 39.4 Å². The number of Topliss-reactive ketones (excluding diaryl/α,β-unsaturated/α-hetero) is 1. The minimum atomic E-state index is -4.22. The van der Waals surface area contributed by atoms with Crippen LogP contribution in [0.3, 0.4) is 0 Å². The fourth-order valence-electron chi connectivity index (χ4n) is 2.67. The molecule has 0 aliphatic carbocycles. The molecule has 0 fully saturated rings.